The minimum atomic E-state index is -4.59. The molecule has 0 aliphatic heterocycles. The molecule has 0 fully saturated rings. The van der Waals surface area contributed by atoms with Crippen LogP contribution in [0, 0.1) is 22.9 Å². The molecule has 9 heteroatoms. The molecule has 2 aromatic rings. The first-order chi connectivity index (χ1) is 11.1. The van der Waals surface area contributed by atoms with Crippen LogP contribution in [0.15, 0.2) is 36.4 Å². The fourth-order valence-electron chi connectivity index (χ4n) is 1.96. The SMILES string of the molecule is Cc1c(F)cc(C(=O)Nc2cccc(C(F)(F)F)c2)cc1[N+](=O)[O-]. The lowest BCUT2D eigenvalue weighted by atomic mass is 10.1. The molecule has 0 atom stereocenters. The van der Waals surface area contributed by atoms with Gasteiger partial charge < -0.3 is 5.32 Å². The first kappa shape index (κ1) is 17.4. The number of nitro groups is 1. The average Bonchev–Trinajstić information content (AvgIpc) is 2.48. The van der Waals surface area contributed by atoms with Crippen molar-refractivity contribution in [2.75, 3.05) is 5.32 Å². The first-order valence-corrected chi connectivity index (χ1v) is 6.52. The molecule has 0 heterocycles. The lowest BCUT2D eigenvalue weighted by Crippen LogP contribution is -2.14. The van der Waals surface area contributed by atoms with Gasteiger partial charge >= 0.3 is 6.18 Å². The molecule has 126 valence electrons. The number of nitrogens with zero attached hydrogens (tertiary/aromatic N) is 1. The van der Waals surface area contributed by atoms with Crippen LogP contribution in [0.5, 0.6) is 0 Å². The largest absolute Gasteiger partial charge is 0.416 e. The molecule has 0 saturated heterocycles. The van der Waals surface area contributed by atoms with E-state index in [4.69, 9.17) is 0 Å². The smallest absolute Gasteiger partial charge is 0.322 e. The normalized spacial score (nSPS) is 11.2. The molecule has 0 aliphatic carbocycles. The van der Waals surface area contributed by atoms with Crippen molar-refractivity contribution < 1.29 is 27.3 Å². The van der Waals surface area contributed by atoms with Crippen molar-refractivity contribution in [2.24, 2.45) is 0 Å². The topological polar surface area (TPSA) is 72.2 Å². The Kier molecular flexibility index (Phi) is 4.54. The van der Waals surface area contributed by atoms with Crippen LogP contribution in [-0.4, -0.2) is 10.8 Å². The van der Waals surface area contributed by atoms with Crippen molar-refractivity contribution in [1.29, 1.82) is 0 Å². The summed E-state index contributed by atoms with van der Waals surface area (Å²) >= 11 is 0. The van der Waals surface area contributed by atoms with E-state index in [1.165, 1.54) is 13.0 Å². The number of nitrogens with one attached hydrogen (secondary N) is 1. The van der Waals surface area contributed by atoms with E-state index in [0.29, 0.717) is 6.07 Å². The second-order valence-corrected chi connectivity index (χ2v) is 4.89. The molecule has 1 N–H and O–H groups in total. The van der Waals surface area contributed by atoms with E-state index in [1.54, 1.807) is 0 Å². The summed E-state index contributed by atoms with van der Waals surface area (Å²) in [6, 6.07) is 5.48. The monoisotopic (exact) mass is 342 g/mol. The summed E-state index contributed by atoms with van der Waals surface area (Å²) in [6.07, 6.45) is -4.59. The van der Waals surface area contributed by atoms with Crippen molar-refractivity contribution >= 4 is 17.3 Å². The lowest BCUT2D eigenvalue weighted by Gasteiger charge is -2.10. The highest BCUT2D eigenvalue weighted by Crippen LogP contribution is 2.31. The summed E-state index contributed by atoms with van der Waals surface area (Å²) in [6.45, 7) is 1.18. The molecular weight excluding hydrogens is 332 g/mol. The Morgan fingerprint density at radius 3 is 2.46 bits per heavy atom. The van der Waals surface area contributed by atoms with Crippen LogP contribution >= 0.6 is 0 Å². The maximum Gasteiger partial charge on any atom is 0.416 e. The second-order valence-electron chi connectivity index (χ2n) is 4.89. The average molecular weight is 342 g/mol. The third-order valence-corrected chi connectivity index (χ3v) is 3.22. The van der Waals surface area contributed by atoms with Crippen molar-refractivity contribution in [3.05, 3.63) is 69.0 Å². The van der Waals surface area contributed by atoms with Crippen molar-refractivity contribution in [1.82, 2.24) is 0 Å². The number of amides is 1. The van der Waals surface area contributed by atoms with Gasteiger partial charge in [-0.15, -0.1) is 0 Å². The van der Waals surface area contributed by atoms with E-state index in [0.717, 1.165) is 24.3 Å². The number of carbonyl (C=O) groups is 1. The van der Waals surface area contributed by atoms with Gasteiger partial charge in [0.1, 0.15) is 5.82 Å². The number of benzene rings is 2. The van der Waals surface area contributed by atoms with E-state index >= 15 is 0 Å². The molecule has 24 heavy (non-hydrogen) atoms. The molecular formula is C15H10F4N2O3. The van der Waals surface area contributed by atoms with Crippen molar-refractivity contribution in [3.63, 3.8) is 0 Å². The van der Waals surface area contributed by atoms with Crippen LogP contribution in [0.4, 0.5) is 28.9 Å². The van der Waals surface area contributed by atoms with E-state index in [2.05, 4.69) is 5.32 Å². The summed E-state index contributed by atoms with van der Waals surface area (Å²) in [4.78, 5) is 22.0. The first-order valence-electron chi connectivity index (χ1n) is 6.52. The third-order valence-electron chi connectivity index (χ3n) is 3.22. The van der Waals surface area contributed by atoms with Gasteiger partial charge in [-0.3, -0.25) is 14.9 Å². The highest BCUT2D eigenvalue weighted by atomic mass is 19.4. The van der Waals surface area contributed by atoms with Gasteiger partial charge in [0, 0.05) is 17.3 Å². The lowest BCUT2D eigenvalue weighted by molar-refractivity contribution is -0.385. The predicted octanol–water partition coefficient (Wildman–Crippen LogP) is 4.31. The predicted molar refractivity (Wildman–Crippen MR) is 77.2 cm³/mol. The van der Waals surface area contributed by atoms with E-state index in [9.17, 15) is 32.5 Å². The number of hydrogen-bond donors (Lipinski definition) is 1. The number of anilines is 1. The van der Waals surface area contributed by atoms with E-state index in [1.807, 2.05) is 0 Å². The van der Waals surface area contributed by atoms with Gasteiger partial charge in [-0.2, -0.15) is 13.2 Å². The van der Waals surface area contributed by atoms with Crippen LogP contribution in [0.1, 0.15) is 21.5 Å². The van der Waals surface area contributed by atoms with Gasteiger partial charge in [0.05, 0.1) is 16.1 Å². The summed E-state index contributed by atoms with van der Waals surface area (Å²) in [7, 11) is 0. The maximum atomic E-state index is 13.7. The number of rotatable bonds is 3. The van der Waals surface area contributed by atoms with Crippen LogP contribution in [0.3, 0.4) is 0 Å². The number of nitro benzene ring substituents is 1. The highest BCUT2D eigenvalue weighted by Gasteiger charge is 2.30. The van der Waals surface area contributed by atoms with E-state index < -0.39 is 34.1 Å². The molecule has 5 nitrogen and oxygen atoms in total. The molecule has 0 aromatic heterocycles. The zero-order valence-electron chi connectivity index (χ0n) is 12.1. The third kappa shape index (κ3) is 3.67. The molecule has 0 aliphatic rings. The van der Waals surface area contributed by atoms with E-state index in [-0.39, 0.29) is 16.8 Å². The number of hydrogen-bond acceptors (Lipinski definition) is 3. The zero-order chi connectivity index (χ0) is 18.1. The molecule has 2 aromatic carbocycles. The fraction of sp³-hybridized carbons (Fsp3) is 0.133. The molecule has 0 radical (unpaired) electrons. The molecule has 0 unspecified atom stereocenters. The van der Waals surface area contributed by atoms with Gasteiger partial charge in [-0.05, 0) is 31.2 Å². The Balaban J connectivity index is 2.33. The molecule has 0 bridgehead atoms. The highest BCUT2D eigenvalue weighted by molar-refractivity contribution is 6.04. The molecule has 2 rings (SSSR count). The molecule has 0 spiro atoms. The van der Waals surface area contributed by atoms with Gasteiger partial charge in [0.2, 0.25) is 0 Å². The minimum absolute atomic E-state index is 0.168. The Morgan fingerprint density at radius 2 is 1.88 bits per heavy atom. The molecule has 1 amide bonds. The Hall–Kier alpha value is -2.97. The van der Waals surface area contributed by atoms with Crippen LogP contribution < -0.4 is 5.32 Å². The van der Waals surface area contributed by atoms with Crippen LogP contribution in [0.2, 0.25) is 0 Å². The van der Waals surface area contributed by atoms with Gasteiger partial charge in [0.15, 0.2) is 0 Å². The quantitative estimate of drug-likeness (QED) is 0.513. The number of alkyl halides is 3. The van der Waals surface area contributed by atoms with Gasteiger partial charge in [0.25, 0.3) is 11.6 Å². The number of carbonyl (C=O) groups excluding carboxylic acids is 1. The number of halogens is 4. The summed E-state index contributed by atoms with van der Waals surface area (Å²) in [5.74, 6) is -1.92. The Bertz CT molecular complexity index is 819. The Labute approximate surface area is 133 Å². The molecule has 0 saturated carbocycles. The van der Waals surface area contributed by atoms with Gasteiger partial charge in [-0.25, -0.2) is 4.39 Å². The van der Waals surface area contributed by atoms with Gasteiger partial charge in [-0.1, -0.05) is 6.07 Å². The summed E-state index contributed by atoms with van der Waals surface area (Å²) in [5, 5.41) is 13.0. The Morgan fingerprint density at radius 1 is 1.21 bits per heavy atom. The van der Waals surface area contributed by atoms with Crippen molar-refractivity contribution in [3.8, 4) is 0 Å². The van der Waals surface area contributed by atoms with Crippen LogP contribution in [0.25, 0.3) is 0 Å². The standard InChI is InChI=1S/C15H10F4N2O3/c1-8-12(16)5-9(6-13(8)21(23)24)14(22)20-11-4-2-3-10(7-11)15(17,18)19/h2-7H,1H3,(H,20,22). The zero-order valence-corrected chi connectivity index (χ0v) is 12.1. The summed E-state index contributed by atoms with van der Waals surface area (Å²) < 4.78 is 51.6. The van der Waals surface area contributed by atoms with Crippen molar-refractivity contribution in [2.45, 2.75) is 13.1 Å². The fourth-order valence-corrected chi connectivity index (χ4v) is 1.96. The summed E-state index contributed by atoms with van der Waals surface area (Å²) in [5.41, 5.74) is -2.35. The second kappa shape index (κ2) is 6.26. The van der Waals surface area contributed by atoms with Crippen LogP contribution in [-0.2, 0) is 6.18 Å². The minimum Gasteiger partial charge on any atom is -0.322 e. The maximum absolute atomic E-state index is 13.7.